The van der Waals surface area contributed by atoms with Crippen LogP contribution in [0.4, 0.5) is 0 Å². The molecular formula is C15H16N3O. The fourth-order valence-corrected chi connectivity index (χ4v) is 2.55. The first-order valence-electron chi connectivity index (χ1n) is 6.66. The molecule has 0 bridgehead atoms. The Morgan fingerprint density at radius 3 is 2.58 bits per heavy atom. The zero-order valence-corrected chi connectivity index (χ0v) is 10.7. The summed E-state index contributed by atoms with van der Waals surface area (Å²) in [5.41, 5.74) is 2.79. The maximum absolute atomic E-state index is 9.52. The standard InChI is InChI=1S/C15H16N3O/c19-13-5-3-11(4-6-13)14-7-8-15(18-17-14)12-2-1-9-16-10-12/h2,7-11,13,19H,3-6H2. The molecule has 4 nitrogen and oxygen atoms in total. The lowest BCUT2D eigenvalue weighted by Gasteiger charge is -2.24. The third-order valence-corrected chi connectivity index (χ3v) is 3.70. The normalized spacial score (nSPS) is 23.2. The number of nitrogens with zero attached hydrogens (tertiary/aromatic N) is 3. The van der Waals surface area contributed by atoms with Crippen LogP contribution in [0.25, 0.3) is 11.3 Å². The average molecular weight is 254 g/mol. The Labute approximate surface area is 112 Å². The second-order valence-corrected chi connectivity index (χ2v) is 5.02. The van der Waals surface area contributed by atoms with Gasteiger partial charge in [0.15, 0.2) is 0 Å². The topological polar surface area (TPSA) is 58.9 Å². The maximum Gasteiger partial charge on any atom is 0.0945 e. The average Bonchev–Trinajstić information content (AvgIpc) is 2.49. The van der Waals surface area contributed by atoms with E-state index >= 15 is 0 Å². The van der Waals surface area contributed by atoms with Crippen LogP contribution in [-0.2, 0) is 0 Å². The molecule has 1 N–H and O–H groups in total. The van der Waals surface area contributed by atoms with E-state index < -0.39 is 0 Å². The fourth-order valence-electron chi connectivity index (χ4n) is 2.55. The van der Waals surface area contributed by atoms with Crippen LogP contribution in [0, 0.1) is 6.07 Å². The van der Waals surface area contributed by atoms with Crippen LogP contribution < -0.4 is 0 Å². The van der Waals surface area contributed by atoms with Crippen molar-refractivity contribution in [3.8, 4) is 11.3 Å². The molecule has 19 heavy (non-hydrogen) atoms. The first-order chi connectivity index (χ1) is 9.33. The van der Waals surface area contributed by atoms with Gasteiger partial charge in [0.25, 0.3) is 0 Å². The summed E-state index contributed by atoms with van der Waals surface area (Å²) in [4.78, 5) is 4.03. The molecule has 2 aromatic heterocycles. The summed E-state index contributed by atoms with van der Waals surface area (Å²) in [6, 6.07) is 8.81. The van der Waals surface area contributed by atoms with Gasteiger partial charge in [0.05, 0.1) is 17.5 Å². The Morgan fingerprint density at radius 2 is 1.95 bits per heavy atom. The first-order valence-corrected chi connectivity index (χ1v) is 6.66. The molecule has 2 aromatic rings. The summed E-state index contributed by atoms with van der Waals surface area (Å²) in [6.07, 6.45) is 6.98. The van der Waals surface area contributed by atoms with E-state index in [1.165, 1.54) is 0 Å². The van der Waals surface area contributed by atoms with E-state index in [1.807, 2.05) is 18.2 Å². The molecule has 0 spiro atoms. The minimum absolute atomic E-state index is 0.130. The van der Waals surface area contributed by atoms with Crippen molar-refractivity contribution < 1.29 is 5.11 Å². The van der Waals surface area contributed by atoms with Crippen LogP contribution in [-0.4, -0.2) is 26.4 Å². The summed E-state index contributed by atoms with van der Waals surface area (Å²) in [7, 11) is 0. The van der Waals surface area contributed by atoms with E-state index in [1.54, 1.807) is 12.4 Å². The minimum atomic E-state index is -0.130. The molecule has 3 rings (SSSR count). The van der Waals surface area contributed by atoms with E-state index in [0.717, 1.165) is 42.6 Å². The zero-order valence-electron chi connectivity index (χ0n) is 10.7. The van der Waals surface area contributed by atoms with Gasteiger partial charge in [-0.2, -0.15) is 10.2 Å². The quantitative estimate of drug-likeness (QED) is 0.893. The molecule has 0 atom stereocenters. The molecule has 1 fully saturated rings. The highest BCUT2D eigenvalue weighted by Gasteiger charge is 2.22. The summed E-state index contributed by atoms with van der Waals surface area (Å²) in [5, 5.41) is 18.1. The predicted molar refractivity (Wildman–Crippen MR) is 71.3 cm³/mol. The molecule has 0 unspecified atom stereocenters. The van der Waals surface area contributed by atoms with Gasteiger partial charge in [-0.1, -0.05) is 0 Å². The van der Waals surface area contributed by atoms with Crippen molar-refractivity contribution in [1.82, 2.24) is 15.2 Å². The highest BCUT2D eigenvalue weighted by Crippen LogP contribution is 2.31. The second kappa shape index (κ2) is 5.45. The summed E-state index contributed by atoms with van der Waals surface area (Å²) in [6.45, 7) is 0. The summed E-state index contributed by atoms with van der Waals surface area (Å²) in [5.74, 6) is 0.436. The van der Waals surface area contributed by atoms with E-state index in [0.29, 0.717) is 5.92 Å². The number of aliphatic hydroxyl groups excluding tert-OH is 1. The lowest BCUT2D eigenvalue weighted by atomic mass is 9.85. The third-order valence-electron chi connectivity index (χ3n) is 3.70. The van der Waals surface area contributed by atoms with Gasteiger partial charge >= 0.3 is 0 Å². The van der Waals surface area contributed by atoms with Crippen molar-refractivity contribution in [3.63, 3.8) is 0 Å². The highest BCUT2D eigenvalue weighted by atomic mass is 16.3. The van der Waals surface area contributed by atoms with Crippen LogP contribution in [0.5, 0.6) is 0 Å². The van der Waals surface area contributed by atoms with Crippen molar-refractivity contribution in [3.05, 3.63) is 42.4 Å². The molecule has 1 aliphatic carbocycles. The molecule has 97 valence electrons. The molecule has 2 heterocycles. The molecule has 4 heteroatoms. The number of hydrogen-bond donors (Lipinski definition) is 1. The van der Waals surface area contributed by atoms with Crippen LogP contribution in [0.15, 0.2) is 30.6 Å². The van der Waals surface area contributed by atoms with Crippen molar-refractivity contribution in [1.29, 1.82) is 0 Å². The molecule has 0 saturated heterocycles. The van der Waals surface area contributed by atoms with Crippen LogP contribution >= 0.6 is 0 Å². The minimum Gasteiger partial charge on any atom is -0.393 e. The fraction of sp³-hybridized carbons (Fsp3) is 0.400. The number of rotatable bonds is 2. The van der Waals surface area contributed by atoms with Gasteiger partial charge in [0, 0.05) is 29.9 Å². The Kier molecular flexibility index (Phi) is 3.51. The Morgan fingerprint density at radius 1 is 1.11 bits per heavy atom. The molecule has 1 radical (unpaired) electrons. The smallest absolute Gasteiger partial charge is 0.0945 e. The molecule has 0 amide bonds. The van der Waals surface area contributed by atoms with Gasteiger partial charge in [-0.05, 0) is 43.9 Å². The van der Waals surface area contributed by atoms with Crippen LogP contribution in [0.1, 0.15) is 37.3 Å². The second-order valence-electron chi connectivity index (χ2n) is 5.02. The zero-order chi connectivity index (χ0) is 13.1. The Hall–Kier alpha value is -1.81. The van der Waals surface area contributed by atoms with E-state index in [9.17, 15) is 5.11 Å². The number of aliphatic hydroxyl groups is 1. The molecule has 0 aromatic carbocycles. The largest absolute Gasteiger partial charge is 0.393 e. The first kappa shape index (κ1) is 12.2. The van der Waals surface area contributed by atoms with Crippen LogP contribution in [0.3, 0.4) is 0 Å². The monoisotopic (exact) mass is 254 g/mol. The Bertz CT molecular complexity index is 519. The van der Waals surface area contributed by atoms with Crippen LogP contribution in [0.2, 0.25) is 0 Å². The van der Waals surface area contributed by atoms with Crippen molar-refractivity contribution in [2.24, 2.45) is 0 Å². The third kappa shape index (κ3) is 2.79. The van der Waals surface area contributed by atoms with Crippen molar-refractivity contribution in [2.45, 2.75) is 37.7 Å². The SMILES string of the molecule is OC1CCC(c2ccc(-c3c[c]cnc3)nn2)CC1. The van der Waals surface area contributed by atoms with Crippen molar-refractivity contribution in [2.75, 3.05) is 0 Å². The Balaban J connectivity index is 1.76. The van der Waals surface area contributed by atoms with Gasteiger partial charge in [-0.15, -0.1) is 0 Å². The number of pyridine rings is 1. The predicted octanol–water partition coefficient (Wildman–Crippen LogP) is 2.36. The van der Waals surface area contributed by atoms with E-state index in [2.05, 4.69) is 21.2 Å². The summed E-state index contributed by atoms with van der Waals surface area (Å²) < 4.78 is 0. The number of hydrogen-bond acceptors (Lipinski definition) is 4. The molecular weight excluding hydrogens is 238 g/mol. The van der Waals surface area contributed by atoms with Gasteiger partial charge in [-0.25, -0.2) is 0 Å². The highest BCUT2D eigenvalue weighted by molar-refractivity contribution is 5.56. The summed E-state index contributed by atoms with van der Waals surface area (Å²) >= 11 is 0. The lowest BCUT2D eigenvalue weighted by molar-refractivity contribution is 0.122. The van der Waals surface area contributed by atoms with Gasteiger partial charge in [0.2, 0.25) is 0 Å². The van der Waals surface area contributed by atoms with E-state index in [4.69, 9.17) is 0 Å². The van der Waals surface area contributed by atoms with Gasteiger partial charge < -0.3 is 5.11 Å². The molecule has 1 saturated carbocycles. The van der Waals surface area contributed by atoms with E-state index in [-0.39, 0.29) is 6.10 Å². The lowest BCUT2D eigenvalue weighted by Crippen LogP contribution is -2.17. The maximum atomic E-state index is 9.52. The van der Waals surface area contributed by atoms with Crippen molar-refractivity contribution >= 4 is 0 Å². The van der Waals surface area contributed by atoms with Gasteiger partial charge in [0.1, 0.15) is 0 Å². The molecule has 0 aliphatic heterocycles. The molecule has 1 aliphatic rings. The number of aromatic nitrogens is 3. The van der Waals surface area contributed by atoms with Gasteiger partial charge in [-0.3, -0.25) is 4.98 Å².